The van der Waals surface area contributed by atoms with Gasteiger partial charge < -0.3 is 19.5 Å². The topological polar surface area (TPSA) is 39.7 Å². The molecule has 0 aliphatic carbocycles. The van der Waals surface area contributed by atoms with E-state index in [0.29, 0.717) is 6.61 Å². The standard InChI is InChI=1S/C13H19NO3/c1-9(8-15-4)14-10-5-6-11-12(7-10)17-13(2,3)16-11/h5-7,9,14H,8H2,1-4H3. The van der Waals surface area contributed by atoms with Crippen LogP contribution in [-0.2, 0) is 4.74 Å². The van der Waals surface area contributed by atoms with Gasteiger partial charge in [-0.15, -0.1) is 0 Å². The van der Waals surface area contributed by atoms with Crippen molar-refractivity contribution in [3.8, 4) is 11.5 Å². The van der Waals surface area contributed by atoms with Crippen molar-refractivity contribution in [2.24, 2.45) is 0 Å². The Kier molecular flexibility index (Phi) is 3.15. The fourth-order valence-electron chi connectivity index (χ4n) is 1.89. The Morgan fingerprint density at radius 1 is 1.29 bits per heavy atom. The minimum Gasteiger partial charge on any atom is -0.449 e. The van der Waals surface area contributed by atoms with Crippen LogP contribution in [0, 0.1) is 0 Å². The van der Waals surface area contributed by atoms with E-state index in [1.54, 1.807) is 7.11 Å². The Bertz CT molecular complexity index is 404. The lowest BCUT2D eigenvalue weighted by molar-refractivity contribution is -0.0431. The van der Waals surface area contributed by atoms with Crippen LogP contribution < -0.4 is 14.8 Å². The molecule has 1 atom stereocenters. The predicted molar refractivity (Wildman–Crippen MR) is 66.7 cm³/mol. The van der Waals surface area contributed by atoms with Gasteiger partial charge in [-0.05, 0) is 19.1 Å². The van der Waals surface area contributed by atoms with Gasteiger partial charge in [0.2, 0.25) is 5.79 Å². The molecule has 17 heavy (non-hydrogen) atoms. The number of rotatable bonds is 4. The van der Waals surface area contributed by atoms with Crippen LogP contribution in [0.4, 0.5) is 5.69 Å². The molecule has 1 heterocycles. The van der Waals surface area contributed by atoms with E-state index in [4.69, 9.17) is 14.2 Å². The zero-order valence-electron chi connectivity index (χ0n) is 10.7. The third-order valence-corrected chi connectivity index (χ3v) is 2.48. The molecule has 1 N–H and O–H groups in total. The number of ether oxygens (including phenoxy) is 3. The van der Waals surface area contributed by atoms with Crippen molar-refractivity contribution in [3.63, 3.8) is 0 Å². The number of hydrogen-bond acceptors (Lipinski definition) is 4. The van der Waals surface area contributed by atoms with Crippen LogP contribution in [0.5, 0.6) is 11.5 Å². The first-order valence-electron chi connectivity index (χ1n) is 5.78. The molecule has 1 aromatic carbocycles. The summed E-state index contributed by atoms with van der Waals surface area (Å²) >= 11 is 0. The molecule has 1 aromatic rings. The van der Waals surface area contributed by atoms with Crippen LogP contribution in [0.2, 0.25) is 0 Å². The van der Waals surface area contributed by atoms with Gasteiger partial charge in [0.05, 0.1) is 6.61 Å². The summed E-state index contributed by atoms with van der Waals surface area (Å²) in [5.74, 6) is 1.00. The summed E-state index contributed by atoms with van der Waals surface area (Å²) in [6, 6.07) is 6.12. The summed E-state index contributed by atoms with van der Waals surface area (Å²) in [7, 11) is 1.69. The Morgan fingerprint density at radius 3 is 2.71 bits per heavy atom. The van der Waals surface area contributed by atoms with Gasteiger partial charge in [-0.25, -0.2) is 0 Å². The lowest BCUT2D eigenvalue weighted by Gasteiger charge is -2.16. The van der Waals surface area contributed by atoms with Crippen LogP contribution in [0.3, 0.4) is 0 Å². The molecular weight excluding hydrogens is 218 g/mol. The van der Waals surface area contributed by atoms with Crippen LogP contribution in [0.1, 0.15) is 20.8 Å². The van der Waals surface area contributed by atoms with Gasteiger partial charge in [-0.1, -0.05) is 0 Å². The first-order valence-corrected chi connectivity index (χ1v) is 5.78. The number of methoxy groups -OCH3 is 1. The predicted octanol–water partition coefficient (Wildman–Crippen LogP) is 2.64. The Labute approximate surface area is 102 Å². The number of anilines is 1. The van der Waals surface area contributed by atoms with Gasteiger partial charge in [0.25, 0.3) is 0 Å². The summed E-state index contributed by atoms with van der Waals surface area (Å²) in [6.07, 6.45) is 0. The number of fused-ring (bicyclic) bond motifs is 1. The lowest BCUT2D eigenvalue weighted by Crippen LogP contribution is -2.29. The molecule has 0 aromatic heterocycles. The molecule has 0 bridgehead atoms. The van der Waals surface area contributed by atoms with Crippen LogP contribution in [0.25, 0.3) is 0 Å². The van der Waals surface area contributed by atoms with E-state index in [1.165, 1.54) is 0 Å². The average molecular weight is 237 g/mol. The molecular formula is C13H19NO3. The summed E-state index contributed by atoms with van der Waals surface area (Å²) in [6.45, 7) is 6.53. The molecule has 94 valence electrons. The van der Waals surface area contributed by atoms with Crippen molar-refractivity contribution in [3.05, 3.63) is 18.2 Å². The SMILES string of the molecule is COCC(C)Nc1ccc2c(c1)OC(C)(C)O2. The molecule has 1 aliphatic heterocycles. The monoisotopic (exact) mass is 237 g/mol. The van der Waals surface area contributed by atoms with Crippen molar-refractivity contribution < 1.29 is 14.2 Å². The minimum absolute atomic E-state index is 0.258. The second kappa shape index (κ2) is 4.45. The third-order valence-electron chi connectivity index (χ3n) is 2.48. The van der Waals surface area contributed by atoms with E-state index in [9.17, 15) is 0 Å². The number of benzene rings is 1. The molecule has 0 fully saturated rings. The van der Waals surface area contributed by atoms with Crippen molar-refractivity contribution in [2.45, 2.75) is 32.6 Å². The van der Waals surface area contributed by atoms with Crippen molar-refractivity contribution >= 4 is 5.69 Å². The van der Waals surface area contributed by atoms with Crippen LogP contribution in [-0.4, -0.2) is 25.5 Å². The van der Waals surface area contributed by atoms with Gasteiger partial charge in [-0.3, -0.25) is 0 Å². The smallest absolute Gasteiger partial charge is 0.246 e. The summed E-state index contributed by atoms with van der Waals surface area (Å²) < 4.78 is 16.4. The highest BCUT2D eigenvalue weighted by molar-refractivity contribution is 5.56. The maximum Gasteiger partial charge on any atom is 0.246 e. The van der Waals surface area contributed by atoms with E-state index < -0.39 is 5.79 Å². The maximum atomic E-state index is 5.68. The molecule has 1 aliphatic rings. The average Bonchev–Trinajstić information content (AvgIpc) is 2.51. The highest BCUT2D eigenvalue weighted by atomic mass is 16.7. The summed E-state index contributed by atoms with van der Waals surface area (Å²) in [5, 5.41) is 3.34. The molecule has 4 heteroatoms. The quantitative estimate of drug-likeness (QED) is 0.874. The van der Waals surface area contributed by atoms with E-state index >= 15 is 0 Å². The zero-order valence-corrected chi connectivity index (χ0v) is 10.7. The van der Waals surface area contributed by atoms with Crippen LogP contribution >= 0.6 is 0 Å². The van der Waals surface area contributed by atoms with E-state index in [-0.39, 0.29) is 6.04 Å². The highest BCUT2D eigenvalue weighted by Gasteiger charge is 2.31. The molecule has 2 rings (SSSR count). The Morgan fingerprint density at radius 2 is 2.00 bits per heavy atom. The van der Waals surface area contributed by atoms with Gasteiger partial charge in [0, 0.05) is 38.8 Å². The van der Waals surface area contributed by atoms with E-state index in [0.717, 1.165) is 17.2 Å². The van der Waals surface area contributed by atoms with Gasteiger partial charge in [0.1, 0.15) is 0 Å². The normalized spacial score (nSPS) is 17.9. The number of hydrogen-bond donors (Lipinski definition) is 1. The molecule has 1 unspecified atom stereocenters. The number of nitrogens with one attached hydrogen (secondary N) is 1. The van der Waals surface area contributed by atoms with Gasteiger partial charge in [0.15, 0.2) is 11.5 Å². The van der Waals surface area contributed by atoms with E-state index in [1.807, 2.05) is 32.0 Å². The van der Waals surface area contributed by atoms with Gasteiger partial charge >= 0.3 is 0 Å². The highest BCUT2D eigenvalue weighted by Crippen LogP contribution is 2.40. The first-order chi connectivity index (χ1) is 8.00. The second-order valence-electron chi connectivity index (χ2n) is 4.77. The summed E-state index contributed by atoms with van der Waals surface area (Å²) in [4.78, 5) is 0. The first kappa shape index (κ1) is 12.0. The molecule has 0 spiro atoms. The van der Waals surface area contributed by atoms with Crippen molar-refractivity contribution in [1.29, 1.82) is 0 Å². The lowest BCUT2D eigenvalue weighted by atomic mass is 10.2. The summed E-state index contributed by atoms with van der Waals surface area (Å²) in [5.41, 5.74) is 1.01. The van der Waals surface area contributed by atoms with Gasteiger partial charge in [-0.2, -0.15) is 0 Å². The Hall–Kier alpha value is -1.42. The molecule has 0 radical (unpaired) electrons. The van der Waals surface area contributed by atoms with E-state index in [2.05, 4.69) is 12.2 Å². The van der Waals surface area contributed by atoms with Crippen LogP contribution in [0.15, 0.2) is 18.2 Å². The Balaban J connectivity index is 2.08. The van der Waals surface area contributed by atoms with Crippen molar-refractivity contribution in [2.75, 3.05) is 19.0 Å². The van der Waals surface area contributed by atoms with Crippen molar-refractivity contribution in [1.82, 2.24) is 0 Å². The third kappa shape index (κ3) is 2.82. The molecule has 4 nitrogen and oxygen atoms in total. The molecule has 0 amide bonds. The maximum absolute atomic E-state index is 5.68. The fourth-order valence-corrected chi connectivity index (χ4v) is 1.89. The second-order valence-corrected chi connectivity index (χ2v) is 4.77. The fraction of sp³-hybridized carbons (Fsp3) is 0.538. The largest absolute Gasteiger partial charge is 0.449 e. The molecule has 0 saturated carbocycles. The molecule has 0 saturated heterocycles. The minimum atomic E-state index is -0.570. The zero-order chi connectivity index (χ0) is 12.5.